The number of nitrogens with zero attached hydrogens (tertiary/aromatic N) is 2. The largest absolute Gasteiger partial charge is 0.396 e. The molecule has 0 amide bonds. The van der Waals surface area contributed by atoms with Gasteiger partial charge in [-0.15, -0.1) is 0 Å². The summed E-state index contributed by atoms with van der Waals surface area (Å²) < 4.78 is 0. The molecule has 0 aromatic heterocycles. The molecule has 0 spiro atoms. The van der Waals surface area contributed by atoms with Gasteiger partial charge in [0.2, 0.25) is 0 Å². The second kappa shape index (κ2) is 9.76. The molecule has 1 aliphatic rings. The van der Waals surface area contributed by atoms with Gasteiger partial charge < -0.3 is 26.1 Å². The van der Waals surface area contributed by atoms with Crippen LogP contribution in [0.15, 0.2) is 17.3 Å². The van der Waals surface area contributed by atoms with Crippen molar-refractivity contribution in [1.82, 2.24) is 4.90 Å². The number of amidine groups is 1. The van der Waals surface area contributed by atoms with E-state index in [2.05, 4.69) is 10.0 Å². The summed E-state index contributed by atoms with van der Waals surface area (Å²) in [7, 11) is 0. The minimum Gasteiger partial charge on any atom is -0.396 e. The molecule has 0 radical (unpaired) electrons. The molecule has 0 saturated carbocycles. The Morgan fingerprint density at radius 1 is 1.38 bits per heavy atom. The predicted molar refractivity (Wildman–Crippen MR) is 83.4 cm³/mol. The van der Waals surface area contributed by atoms with Crippen molar-refractivity contribution < 1.29 is 15.3 Å². The standard InChI is InChI=1S/C15H29N3O3/c1-2-13(15(20)21)6-3-7-14(17-16)18-9-4-5-12(11-19)8-10-18/h3,6,12-13,15,19-21H,2,4-5,7-11,16H2,1H3/b6-3-,17-14+. The number of likely N-dealkylation sites (tertiary alicyclic amines) is 1. The lowest BCUT2D eigenvalue weighted by molar-refractivity contribution is -0.0706. The van der Waals surface area contributed by atoms with Crippen LogP contribution in [0.25, 0.3) is 0 Å². The summed E-state index contributed by atoms with van der Waals surface area (Å²) in [4.78, 5) is 2.16. The molecule has 1 aliphatic heterocycles. The molecule has 6 heteroatoms. The number of rotatable bonds is 6. The molecule has 6 nitrogen and oxygen atoms in total. The van der Waals surface area contributed by atoms with E-state index >= 15 is 0 Å². The zero-order chi connectivity index (χ0) is 15.7. The smallest absolute Gasteiger partial charge is 0.157 e. The summed E-state index contributed by atoms with van der Waals surface area (Å²) >= 11 is 0. The Balaban J connectivity index is 2.53. The van der Waals surface area contributed by atoms with Gasteiger partial charge in [0.15, 0.2) is 6.29 Å². The zero-order valence-corrected chi connectivity index (χ0v) is 12.9. The van der Waals surface area contributed by atoms with E-state index in [0.717, 1.165) is 38.2 Å². The Labute approximate surface area is 127 Å². The molecule has 0 aliphatic carbocycles. The van der Waals surface area contributed by atoms with Gasteiger partial charge in [-0.25, -0.2) is 0 Å². The molecule has 1 rings (SSSR count). The first-order chi connectivity index (χ1) is 10.1. The quantitative estimate of drug-likeness (QED) is 0.144. The lowest BCUT2D eigenvalue weighted by atomic mass is 10.0. The van der Waals surface area contributed by atoms with Gasteiger partial charge in [0, 0.05) is 32.0 Å². The molecule has 0 aromatic carbocycles. The van der Waals surface area contributed by atoms with Crippen LogP contribution in [0, 0.1) is 11.8 Å². The van der Waals surface area contributed by atoms with Crippen LogP contribution in [0.4, 0.5) is 0 Å². The van der Waals surface area contributed by atoms with Gasteiger partial charge >= 0.3 is 0 Å². The lowest BCUT2D eigenvalue weighted by Gasteiger charge is -2.23. The Morgan fingerprint density at radius 2 is 2.14 bits per heavy atom. The molecule has 1 fully saturated rings. The molecule has 0 bridgehead atoms. The van der Waals surface area contributed by atoms with E-state index in [1.54, 1.807) is 0 Å². The van der Waals surface area contributed by atoms with Gasteiger partial charge in [0.25, 0.3) is 0 Å². The first kappa shape index (κ1) is 17.9. The molecular formula is C15H29N3O3. The molecule has 1 saturated heterocycles. The van der Waals surface area contributed by atoms with E-state index < -0.39 is 6.29 Å². The van der Waals surface area contributed by atoms with E-state index in [9.17, 15) is 15.3 Å². The van der Waals surface area contributed by atoms with Crippen molar-refractivity contribution in [3.8, 4) is 0 Å². The summed E-state index contributed by atoms with van der Waals surface area (Å²) in [6.45, 7) is 3.92. The SMILES string of the molecule is CCC(/C=C\C/C(=N\N)N1CCCC(CO)CC1)C(O)O. The predicted octanol–water partition coefficient (Wildman–Crippen LogP) is 0.636. The molecule has 122 valence electrons. The molecule has 2 unspecified atom stereocenters. The Morgan fingerprint density at radius 3 is 2.71 bits per heavy atom. The molecule has 1 heterocycles. The van der Waals surface area contributed by atoms with E-state index in [1.165, 1.54) is 0 Å². The van der Waals surface area contributed by atoms with E-state index in [-0.39, 0.29) is 12.5 Å². The molecule has 2 atom stereocenters. The average molecular weight is 299 g/mol. The summed E-state index contributed by atoms with van der Waals surface area (Å²) in [6.07, 6.45) is 6.66. The second-order valence-corrected chi connectivity index (χ2v) is 5.63. The summed E-state index contributed by atoms with van der Waals surface area (Å²) in [5.41, 5.74) is 0. The van der Waals surface area contributed by atoms with Gasteiger partial charge in [-0.1, -0.05) is 19.1 Å². The van der Waals surface area contributed by atoms with Crippen LogP contribution >= 0.6 is 0 Å². The fourth-order valence-corrected chi connectivity index (χ4v) is 2.66. The van der Waals surface area contributed by atoms with Gasteiger partial charge in [0.05, 0.1) is 0 Å². The van der Waals surface area contributed by atoms with Crippen molar-refractivity contribution in [3.63, 3.8) is 0 Å². The third-order valence-corrected chi connectivity index (χ3v) is 4.16. The number of aliphatic hydroxyl groups is 3. The topological polar surface area (TPSA) is 102 Å². The van der Waals surface area contributed by atoms with Crippen molar-refractivity contribution in [1.29, 1.82) is 0 Å². The van der Waals surface area contributed by atoms with Crippen molar-refractivity contribution >= 4 is 5.84 Å². The number of hydrazone groups is 1. The highest BCUT2D eigenvalue weighted by Crippen LogP contribution is 2.18. The number of nitrogens with two attached hydrogens (primary N) is 1. The summed E-state index contributed by atoms with van der Waals surface area (Å²) in [5, 5.41) is 31.5. The highest BCUT2D eigenvalue weighted by atomic mass is 16.5. The van der Waals surface area contributed by atoms with Crippen LogP contribution in [-0.2, 0) is 0 Å². The minimum atomic E-state index is -1.33. The Hall–Kier alpha value is -1.11. The molecular weight excluding hydrogens is 270 g/mol. The van der Waals surface area contributed by atoms with E-state index in [4.69, 9.17) is 5.84 Å². The van der Waals surface area contributed by atoms with Crippen LogP contribution in [-0.4, -0.2) is 52.0 Å². The van der Waals surface area contributed by atoms with Gasteiger partial charge in [-0.3, -0.25) is 0 Å². The maximum atomic E-state index is 9.25. The molecule has 0 aromatic rings. The number of hydrogen-bond donors (Lipinski definition) is 4. The Kier molecular flexibility index (Phi) is 8.34. The van der Waals surface area contributed by atoms with Gasteiger partial charge in [-0.2, -0.15) is 5.10 Å². The first-order valence-electron chi connectivity index (χ1n) is 7.77. The molecule has 21 heavy (non-hydrogen) atoms. The van der Waals surface area contributed by atoms with Crippen LogP contribution < -0.4 is 5.84 Å². The first-order valence-corrected chi connectivity index (χ1v) is 7.77. The average Bonchev–Trinajstić information content (AvgIpc) is 2.72. The van der Waals surface area contributed by atoms with Crippen LogP contribution in [0.1, 0.15) is 39.0 Å². The van der Waals surface area contributed by atoms with Crippen LogP contribution in [0.2, 0.25) is 0 Å². The van der Waals surface area contributed by atoms with Crippen molar-refractivity contribution in [2.24, 2.45) is 22.8 Å². The summed E-state index contributed by atoms with van der Waals surface area (Å²) in [6, 6.07) is 0. The normalized spacial score (nSPS) is 22.8. The van der Waals surface area contributed by atoms with Gasteiger partial charge in [0.1, 0.15) is 5.84 Å². The third kappa shape index (κ3) is 6.03. The second-order valence-electron chi connectivity index (χ2n) is 5.63. The highest BCUT2D eigenvalue weighted by molar-refractivity contribution is 5.83. The lowest BCUT2D eigenvalue weighted by Crippen LogP contribution is -2.32. The highest BCUT2D eigenvalue weighted by Gasteiger charge is 2.18. The van der Waals surface area contributed by atoms with Crippen molar-refractivity contribution in [3.05, 3.63) is 12.2 Å². The van der Waals surface area contributed by atoms with Gasteiger partial charge in [-0.05, 0) is 31.6 Å². The molecule has 5 N–H and O–H groups in total. The number of aliphatic hydroxyl groups excluding tert-OH is 2. The maximum Gasteiger partial charge on any atom is 0.157 e. The van der Waals surface area contributed by atoms with E-state index in [1.807, 2.05) is 19.1 Å². The van der Waals surface area contributed by atoms with Crippen LogP contribution in [0.5, 0.6) is 0 Å². The third-order valence-electron chi connectivity index (χ3n) is 4.16. The fourth-order valence-electron chi connectivity index (χ4n) is 2.66. The monoisotopic (exact) mass is 299 g/mol. The minimum absolute atomic E-state index is 0.245. The maximum absolute atomic E-state index is 9.25. The van der Waals surface area contributed by atoms with Crippen molar-refractivity contribution in [2.75, 3.05) is 19.7 Å². The fraction of sp³-hybridized carbons (Fsp3) is 0.800. The zero-order valence-electron chi connectivity index (χ0n) is 12.9. The van der Waals surface area contributed by atoms with E-state index in [0.29, 0.717) is 18.8 Å². The van der Waals surface area contributed by atoms with Crippen LogP contribution in [0.3, 0.4) is 0 Å². The van der Waals surface area contributed by atoms with Crippen molar-refractivity contribution in [2.45, 2.75) is 45.3 Å². The Bertz CT molecular complexity index is 345. The number of hydrogen-bond acceptors (Lipinski definition) is 5. The summed E-state index contributed by atoms with van der Waals surface area (Å²) in [5.74, 6) is 6.42.